The van der Waals surface area contributed by atoms with Gasteiger partial charge in [-0.2, -0.15) is 5.26 Å². The van der Waals surface area contributed by atoms with Crippen LogP contribution in [0.4, 0.5) is 0 Å². The number of hydrogen-bond donors (Lipinski definition) is 0. The van der Waals surface area contributed by atoms with Gasteiger partial charge in [-0.15, -0.1) is 0 Å². The molecular weight excluding hydrogens is 138 g/mol. The minimum absolute atomic E-state index is 0.0168. The maximum atomic E-state index is 11.1. The number of rotatable bonds is 0. The second kappa shape index (κ2) is 2.87. The smallest absolute Gasteiger partial charge is 0.173 e. The van der Waals surface area contributed by atoms with E-state index in [1.807, 2.05) is 13.0 Å². The van der Waals surface area contributed by atoms with E-state index in [4.69, 9.17) is 5.26 Å². The van der Waals surface area contributed by atoms with Gasteiger partial charge in [0.2, 0.25) is 0 Å². The summed E-state index contributed by atoms with van der Waals surface area (Å²) in [5.74, 6) is 0.422. The van der Waals surface area contributed by atoms with Crippen molar-refractivity contribution in [3.63, 3.8) is 0 Å². The van der Waals surface area contributed by atoms with Crippen molar-refractivity contribution in [2.75, 3.05) is 0 Å². The maximum absolute atomic E-state index is 11.1. The van der Waals surface area contributed by atoms with Crippen LogP contribution in [0, 0.1) is 17.2 Å². The molecule has 1 atom stereocenters. The van der Waals surface area contributed by atoms with Crippen LogP contribution >= 0.6 is 0 Å². The lowest BCUT2D eigenvalue weighted by Gasteiger charge is -2.18. The molecule has 2 heteroatoms. The van der Waals surface area contributed by atoms with Gasteiger partial charge in [0, 0.05) is 6.42 Å². The van der Waals surface area contributed by atoms with Gasteiger partial charge in [-0.1, -0.05) is 6.92 Å². The lowest BCUT2D eigenvalue weighted by Crippen LogP contribution is -2.15. The standard InChI is InChI=1S/C9H11NO/c1-6-3-4-9(11)8(5-10)7(6)2/h6H,3-4H2,1-2H3. The van der Waals surface area contributed by atoms with Gasteiger partial charge in [0.1, 0.15) is 6.07 Å². The summed E-state index contributed by atoms with van der Waals surface area (Å²) in [5, 5.41) is 8.62. The Morgan fingerprint density at radius 2 is 2.27 bits per heavy atom. The van der Waals surface area contributed by atoms with Crippen molar-refractivity contribution in [2.24, 2.45) is 5.92 Å². The number of carbonyl (C=O) groups excluding carboxylic acids is 1. The molecule has 0 saturated carbocycles. The van der Waals surface area contributed by atoms with Crippen LogP contribution in [0.15, 0.2) is 11.1 Å². The first-order valence-electron chi connectivity index (χ1n) is 3.81. The third kappa shape index (κ3) is 1.32. The Hall–Kier alpha value is -1.10. The van der Waals surface area contributed by atoms with E-state index in [1.54, 1.807) is 0 Å². The predicted molar refractivity (Wildman–Crippen MR) is 41.7 cm³/mol. The van der Waals surface area contributed by atoms with Crippen LogP contribution < -0.4 is 0 Å². The van der Waals surface area contributed by atoms with E-state index in [1.165, 1.54) is 0 Å². The lowest BCUT2D eigenvalue weighted by molar-refractivity contribution is -0.115. The SMILES string of the molecule is CC1=C(C#N)C(=O)CCC1C. The highest BCUT2D eigenvalue weighted by atomic mass is 16.1. The van der Waals surface area contributed by atoms with E-state index in [2.05, 4.69) is 6.92 Å². The van der Waals surface area contributed by atoms with Gasteiger partial charge in [-0.3, -0.25) is 4.79 Å². The highest BCUT2D eigenvalue weighted by molar-refractivity contribution is 6.00. The first-order chi connectivity index (χ1) is 5.16. The summed E-state index contributed by atoms with van der Waals surface area (Å²) >= 11 is 0. The summed E-state index contributed by atoms with van der Waals surface area (Å²) in [6, 6.07) is 1.96. The molecule has 1 unspecified atom stereocenters. The zero-order valence-corrected chi connectivity index (χ0v) is 6.85. The molecule has 0 heterocycles. The van der Waals surface area contributed by atoms with Gasteiger partial charge in [0.05, 0.1) is 5.57 Å². The van der Waals surface area contributed by atoms with Crippen molar-refractivity contribution in [3.8, 4) is 6.07 Å². The molecule has 0 saturated heterocycles. The van der Waals surface area contributed by atoms with Crippen LogP contribution in [0.1, 0.15) is 26.7 Å². The number of ketones is 1. The topological polar surface area (TPSA) is 40.9 Å². The summed E-state index contributed by atoms with van der Waals surface area (Å²) < 4.78 is 0. The molecule has 0 fully saturated rings. The zero-order valence-electron chi connectivity index (χ0n) is 6.85. The van der Waals surface area contributed by atoms with Crippen LogP contribution in [0.2, 0.25) is 0 Å². The summed E-state index contributed by atoms with van der Waals surface area (Å²) in [4.78, 5) is 11.1. The molecule has 0 aromatic heterocycles. The van der Waals surface area contributed by atoms with Crippen molar-refractivity contribution in [1.82, 2.24) is 0 Å². The average Bonchev–Trinajstić information content (AvgIpc) is 1.99. The minimum Gasteiger partial charge on any atom is -0.293 e. The zero-order chi connectivity index (χ0) is 8.43. The van der Waals surface area contributed by atoms with Crippen molar-refractivity contribution in [1.29, 1.82) is 5.26 Å². The quantitative estimate of drug-likeness (QED) is 0.527. The van der Waals surface area contributed by atoms with E-state index in [-0.39, 0.29) is 5.78 Å². The van der Waals surface area contributed by atoms with Gasteiger partial charge in [0.25, 0.3) is 0 Å². The third-order valence-electron chi connectivity index (χ3n) is 2.33. The molecule has 0 aromatic carbocycles. The van der Waals surface area contributed by atoms with Gasteiger partial charge in [0.15, 0.2) is 5.78 Å². The van der Waals surface area contributed by atoms with Crippen molar-refractivity contribution in [3.05, 3.63) is 11.1 Å². The molecule has 1 rings (SSSR count). The van der Waals surface area contributed by atoms with E-state index in [9.17, 15) is 4.79 Å². The fourth-order valence-electron chi connectivity index (χ4n) is 1.31. The van der Waals surface area contributed by atoms with Crippen LogP contribution in [0.25, 0.3) is 0 Å². The molecule has 58 valence electrons. The van der Waals surface area contributed by atoms with Crippen molar-refractivity contribution < 1.29 is 4.79 Å². The second-order valence-corrected chi connectivity index (χ2v) is 3.03. The van der Waals surface area contributed by atoms with Gasteiger partial charge in [-0.05, 0) is 24.8 Å². The molecule has 0 bridgehead atoms. The Bertz CT molecular complexity index is 257. The van der Waals surface area contributed by atoms with Crippen LogP contribution in [-0.2, 0) is 4.79 Å². The highest BCUT2D eigenvalue weighted by Gasteiger charge is 2.22. The van der Waals surface area contributed by atoms with Crippen LogP contribution in [0.3, 0.4) is 0 Å². The van der Waals surface area contributed by atoms with E-state index in [0.717, 1.165) is 12.0 Å². The Morgan fingerprint density at radius 3 is 2.73 bits per heavy atom. The summed E-state index contributed by atoms with van der Waals surface area (Å²) in [6.07, 6.45) is 1.44. The average molecular weight is 149 g/mol. The number of nitriles is 1. The first kappa shape index (κ1) is 8.00. The fraction of sp³-hybridized carbons (Fsp3) is 0.556. The van der Waals surface area contributed by atoms with E-state index >= 15 is 0 Å². The van der Waals surface area contributed by atoms with E-state index in [0.29, 0.717) is 17.9 Å². The predicted octanol–water partition coefficient (Wildman–Crippen LogP) is 1.83. The van der Waals surface area contributed by atoms with E-state index < -0.39 is 0 Å². The van der Waals surface area contributed by atoms with Crippen molar-refractivity contribution >= 4 is 5.78 Å². The van der Waals surface area contributed by atoms with Gasteiger partial charge in [-0.25, -0.2) is 0 Å². The van der Waals surface area contributed by atoms with Gasteiger partial charge < -0.3 is 0 Å². The number of allylic oxidation sites excluding steroid dienone is 2. The Labute approximate surface area is 66.5 Å². The highest BCUT2D eigenvalue weighted by Crippen LogP contribution is 2.26. The monoisotopic (exact) mass is 149 g/mol. The van der Waals surface area contributed by atoms with Crippen molar-refractivity contribution in [2.45, 2.75) is 26.7 Å². The molecule has 1 aliphatic rings. The minimum atomic E-state index is 0.0168. The normalized spacial score (nSPS) is 25.2. The molecule has 11 heavy (non-hydrogen) atoms. The number of nitrogens with zero attached hydrogens (tertiary/aromatic N) is 1. The largest absolute Gasteiger partial charge is 0.293 e. The number of carbonyl (C=O) groups is 1. The number of Topliss-reactive ketones (excluding diaryl/α,β-unsaturated/α-hetero) is 1. The Morgan fingerprint density at radius 1 is 1.64 bits per heavy atom. The second-order valence-electron chi connectivity index (χ2n) is 3.03. The third-order valence-corrected chi connectivity index (χ3v) is 2.33. The maximum Gasteiger partial charge on any atom is 0.173 e. The lowest BCUT2D eigenvalue weighted by atomic mass is 9.84. The molecule has 0 aromatic rings. The molecule has 1 aliphatic carbocycles. The molecule has 2 nitrogen and oxygen atoms in total. The fourth-order valence-corrected chi connectivity index (χ4v) is 1.31. The summed E-state index contributed by atoms with van der Waals surface area (Å²) in [7, 11) is 0. The molecule has 0 aliphatic heterocycles. The Balaban J connectivity index is 3.06. The van der Waals surface area contributed by atoms with Gasteiger partial charge >= 0.3 is 0 Å². The first-order valence-corrected chi connectivity index (χ1v) is 3.81. The Kier molecular flexibility index (Phi) is 2.09. The van der Waals surface area contributed by atoms with Crippen LogP contribution in [-0.4, -0.2) is 5.78 Å². The molecule has 0 spiro atoms. The molecular formula is C9H11NO. The molecule has 0 N–H and O–H groups in total. The van der Waals surface area contributed by atoms with Crippen LogP contribution in [0.5, 0.6) is 0 Å². The number of hydrogen-bond acceptors (Lipinski definition) is 2. The molecule has 0 radical (unpaired) electrons. The summed E-state index contributed by atoms with van der Waals surface area (Å²) in [6.45, 7) is 3.93. The summed E-state index contributed by atoms with van der Waals surface area (Å²) in [5.41, 5.74) is 1.35. The molecule has 0 amide bonds.